The van der Waals surface area contributed by atoms with Crippen LogP contribution in [-0.2, 0) is 4.79 Å². The Balaban J connectivity index is 1.67. The molecule has 0 aliphatic heterocycles. The molecule has 0 aliphatic carbocycles. The molecule has 0 fully saturated rings. The molecule has 0 bridgehead atoms. The molecule has 2 aromatic carbocycles. The fourth-order valence-electron chi connectivity index (χ4n) is 2.30. The van der Waals surface area contributed by atoms with Crippen molar-refractivity contribution in [1.29, 1.82) is 0 Å². The number of anilines is 1. The monoisotopic (exact) mass is 374 g/mol. The van der Waals surface area contributed by atoms with Crippen molar-refractivity contribution >= 4 is 50.2 Å². The zero-order chi connectivity index (χ0) is 15.5. The lowest BCUT2D eigenvalue weighted by Crippen LogP contribution is -2.13. The van der Waals surface area contributed by atoms with Gasteiger partial charge in [-0.2, -0.15) is 0 Å². The molecule has 0 spiro atoms. The fraction of sp³-hybridized carbons (Fsp3) is 0.118. The maximum absolute atomic E-state index is 12.1. The van der Waals surface area contributed by atoms with Gasteiger partial charge in [0.15, 0.2) is 0 Å². The first kappa shape index (κ1) is 15.2. The molecule has 2 N–H and O–H groups in total. The Morgan fingerprint density at radius 1 is 1.18 bits per heavy atom. The van der Waals surface area contributed by atoms with Crippen molar-refractivity contribution in [3.05, 3.63) is 58.7 Å². The zero-order valence-electron chi connectivity index (χ0n) is 12.0. The van der Waals surface area contributed by atoms with Crippen LogP contribution in [-0.4, -0.2) is 16.6 Å². The number of para-hydroxylation sites is 1. The molecular weight excluding hydrogens is 360 g/mol. The quantitative estimate of drug-likeness (QED) is 0.633. The van der Waals surface area contributed by atoms with Crippen molar-refractivity contribution in [3.63, 3.8) is 0 Å². The van der Waals surface area contributed by atoms with Crippen LogP contribution >= 0.6 is 27.7 Å². The summed E-state index contributed by atoms with van der Waals surface area (Å²) in [6.07, 6.45) is 0. The fourth-order valence-corrected chi connectivity index (χ4v) is 3.52. The summed E-state index contributed by atoms with van der Waals surface area (Å²) in [4.78, 5) is 16.6. The van der Waals surface area contributed by atoms with E-state index < -0.39 is 0 Å². The molecule has 0 saturated carbocycles. The number of fused-ring (bicyclic) bond motifs is 1. The van der Waals surface area contributed by atoms with Crippen LogP contribution in [0.5, 0.6) is 0 Å². The van der Waals surface area contributed by atoms with Crippen molar-refractivity contribution in [1.82, 2.24) is 4.98 Å². The zero-order valence-corrected chi connectivity index (χ0v) is 14.4. The normalized spacial score (nSPS) is 10.8. The largest absolute Gasteiger partial charge is 0.358 e. The van der Waals surface area contributed by atoms with E-state index in [4.69, 9.17) is 0 Å². The molecule has 3 nitrogen and oxygen atoms in total. The number of carbonyl (C=O) groups is 1. The van der Waals surface area contributed by atoms with Crippen LogP contribution in [0, 0.1) is 6.92 Å². The van der Waals surface area contributed by atoms with Crippen LogP contribution in [0.3, 0.4) is 0 Å². The Morgan fingerprint density at radius 2 is 1.91 bits per heavy atom. The Bertz CT molecular complexity index is 811. The number of rotatable bonds is 4. The number of nitrogens with one attached hydrogen (secondary N) is 2. The Kier molecular flexibility index (Phi) is 4.55. The van der Waals surface area contributed by atoms with Gasteiger partial charge in [0.05, 0.1) is 5.75 Å². The summed E-state index contributed by atoms with van der Waals surface area (Å²) in [6, 6.07) is 15.7. The molecule has 112 valence electrons. The van der Waals surface area contributed by atoms with Gasteiger partial charge < -0.3 is 10.3 Å². The summed E-state index contributed by atoms with van der Waals surface area (Å²) in [7, 11) is 0. The van der Waals surface area contributed by atoms with Gasteiger partial charge in [0.25, 0.3) is 0 Å². The number of amides is 1. The number of thioether (sulfide) groups is 1. The maximum Gasteiger partial charge on any atom is 0.234 e. The summed E-state index contributed by atoms with van der Waals surface area (Å²) < 4.78 is 0.995. The van der Waals surface area contributed by atoms with E-state index in [9.17, 15) is 4.79 Å². The third kappa shape index (κ3) is 3.36. The summed E-state index contributed by atoms with van der Waals surface area (Å²) in [6.45, 7) is 2.04. The molecular formula is C17H15BrN2OS. The molecule has 0 atom stereocenters. The van der Waals surface area contributed by atoms with E-state index >= 15 is 0 Å². The van der Waals surface area contributed by atoms with E-state index in [1.807, 2.05) is 49.4 Å². The van der Waals surface area contributed by atoms with Crippen LogP contribution in [0.15, 0.2) is 57.9 Å². The number of aryl methyl sites for hydroxylation is 1. The van der Waals surface area contributed by atoms with E-state index in [1.54, 1.807) is 11.8 Å². The van der Waals surface area contributed by atoms with Gasteiger partial charge in [-0.15, -0.1) is 11.8 Å². The summed E-state index contributed by atoms with van der Waals surface area (Å²) in [5.41, 5.74) is 3.02. The summed E-state index contributed by atoms with van der Waals surface area (Å²) in [5.74, 6) is 0.385. The molecule has 3 aromatic rings. The van der Waals surface area contributed by atoms with Gasteiger partial charge in [-0.1, -0.05) is 34.1 Å². The predicted octanol–water partition coefficient (Wildman–Crippen LogP) is 4.97. The van der Waals surface area contributed by atoms with Crippen molar-refractivity contribution < 1.29 is 4.79 Å². The van der Waals surface area contributed by atoms with Gasteiger partial charge in [0.1, 0.15) is 0 Å². The third-order valence-electron chi connectivity index (χ3n) is 3.31. The standard InChI is InChI=1S/C17H15BrN2OS/c1-11-17(14-4-2-3-5-15(14)19-11)22-10-16(21)20-13-8-6-12(18)7-9-13/h2-9,19H,10H2,1H3,(H,20,21). The number of aromatic nitrogens is 1. The molecule has 1 amide bonds. The second-order valence-corrected chi connectivity index (χ2v) is 6.87. The first-order valence-electron chi connectivity index (χ1n) is 6.89. The van der Waals surface area contributed by atoms with Gasteiger partial charge >= 0.3 is 0 Å². The smallest absolute Gasteiger partial charge is 0.234 e. The van der Waals surface area contributed by atoms with Crippen molar-refractivity contribution in [3.8, 4) is 0 Å². The lowest BCUT2D eigenvalue weighted by Gasteiger charge is -2.05. The van der Waals surface area contributed by atoms with Crippen molar-refractivity contribution in [2.24, 2.45) is 0 Å². The lowest BCUT2D eigenvalue weighted by molar-refractivity contribution is -0.113. The van der Waals surface area contributed by atoms with E-state index in [0.717, 1.165) is 26.3 Å². The second-order valence-electron chi connectivity index (χ2n) is 4.97. The van der Waals surface area contributed by atoms with Gasteiger partial charge in [-0.25, -0.2) is 0 Å². The molecule has 0 saturated heterocycles. The molecule has 1 heterocycles. The first-order valence-corrected chi connectivity index (χ1v) is 8.67. The van der Waals surface area contributed by atoms with Crippen LogP contribution in [0.1, 0.15) is 5.69 Å². The third-order valence-corrected chi connectivity index (χ3v) is 5.06. The highest BCUT2D eigenvalue weighted by molar-refractivity contribution is 9.10. The van der Waals surface area contributed by atoms with Gasteiger partial charge in [-0.3, -0.25) is 4.79 Å². The number of carbonyl (C=O) groups excluding carboxylic acids is 1. The molecule has 3 rings (SSSR count). The van der Waals surface area contributed by atoms with Crippen LogP contribution in [0.2, 0.25) is 0 Å². The average Bonchev–Trinajstić information content (AvgIpc) is 2.83. The lowest BCUT2D eigenvalue weighted by atomic mass is 10.2. The number of halogens is 1. The minimum absolute atomic E-state index is 0.00277. The van der Waals surface area contributed by atoms with Crippen molar-refractivity contribution in [2.75, 3.05) is 11.1 Å². The highest BCUT2D eigenvalue weighted by Gasteiger charge is 2.11. The molecule has 0 radical (unpaired) electrons. The predicted molar refractivity (Wildman–Crippen MR) is 96.5 cm³/mol. The maximum atomic E-state index is 12.1. The molecule has 0 unspecified atom stereocenters. The minimum Gasteiger partial charge on any atom is -0.358 e. The minimum atomic E-state index is -0.00277. The highest BCUT2D eigenvalue weighted by atomic mass is 79.9. The van der Waals surface area contributed by atoms with Crippen LogP contribution in [0.25, 0.3) is 10.9 Å². The summed E-state index contributed by atoms with van der Waals surface area (Å²) >= 11 is 4.94. The molecule has 5 heteroatoms. The van der Waals surface area contributed by atoms with E-state index in [2.05, 4.69) is 32.3 Å². The Hall–Kier alpha value is -1.72. The number of H-pyrrole nitrogens is 1. The highest BCUT2D eigenvalue weighted by Crippen LogP contribution is 2.31. The van der Waals surface area contributed by atoms with E-state index in [0.29, 0.717) is 5.75 Å². The van der Waals surface area contributed by atoms with Crippen LogP contribution < -0.4 is 5.32 Å². The Morgan fingerprint density at radius 3 is 2.68 bits per heavy atom. The van der Waals surface area contributed by atoms with E-state index in [1.165, 1.54) is 5.39 Å². The summed E-state index contributed by atoms with van der Waals surface area (Å²) in [5, 5.41) is 4.08. The first-order chi connectivity index (χ1) is 10.6. The van der Waals surface area contributed by atoms with Gasteiger partial charge in [-0.05, 0) is 37.3 Å². The number of aromatic amines is 1. The SMILES string of the molecule is Cc1[nH]c2ccccc2c1SCC(=O)Nc1ccc(Br)cc1. The average molecular weight is 375 g/mol. The van der Waals surface area contributed by atoms with E-state index in [-0.39, 0.29) is 5.91 Å². The number of hydrogen-bond donors (Lipinski definition) is 2. The van der Waals surface area contributed by atoms with Gasteiger partial charge in [0, 0.05) is 31.7 Å². The van der Waals surface area contributed by atoms with Gasteiger partial charge in [0.2, 0.25) is 5.91 Å². The molecule has 22 heavy (non-hydrogen) atoms. The topological polar surface area (TPSA) is 44.9 Å². The molecule has 0 aliphatic rings. The number of hydrogen-bond acceptors (Lipinski definition) is 2. The Labute approximate surface area is 141 Å². The number of benzene rings is 2. The van der Waals surface area contributed by atoms with Crippen LogP contribution in [0.4, 0.5) is 5.69 Å². The molecule has 1 aromatic heterocycles. The second kappa shape index (κ2) is 6.58. The van der Waals surface area contributed by atoms with Crippen molar-refractivity contribution in [2.45, 2.75) is 11.8 Å².